The Morgan fingerprint density at radius 1 is 0.941 bits per heavy atom. The quantitative estimate of drug-likeness (QED) is 0.403. The normalized spacial score (nSPS) is 11.8. The maximum absolute atomic E-state index is 13.3. The van der Waals surface area contributed by atoms with Gasteiger partial charge in [0.15, 0.2) is 0 Å². The van der Waals surface area contributed by atoms with Gasteiger partial charge in [-0.25, -0.2) is 0 Å². The molecule has 6 nitrogen and oxygen atoms in total. The average molecular weight is 462 g/mol. The standard InChI is InChI=1S/C25H17F3N4O2/c1-31-14-20-22(30-31)19-13-17(29-23(33)15-5-3-2-4-6-15)9-12-21(19)32(24(20)34)18-10-7-16(8-11-18)25(26,27)28/h2-14H,1H3,(H,29,33). The summed E-state index contributed by atoms with van der Waals surface area (Å²) >= 11 is 0. The number of benzene rings is 3. The van der Waals surface area contributed by atoms with E-state index >= 15 is 0 Å². The maximum Gasteiger partial charge on any atom is 0.416 e. The number of nitrogens with one attached hydrogen (secondary N) is 1. The Morgan fingerprint density at radius 2 is 1.65 bits per heavy atom. The molecule has 0 fully saturated rings. The molecule has 2 aromatic heterocycles. The predicted octanol–water partition coefficient (Wildman–Crippen LogP) is 5.15. The SMILES string of the molecule is Cn1cc2c(=O)n(-c3ccc(C(F)(F)F)cc3)c3ccc(NC(=O)c4ccccc4)cc3c2n1. The van der Waals surface area contributed by atoms with Gasteiger partial charge in [-0.3, -0.25) is 18.8 Å². The average Bonchev–Trinajstić information content (AvgIpc) is 3.22. The molecule has 0 aliphatic rings. The van der Waals surface area contributed by atoms with Crippen LogP contribution in [0.15, 0.2) is 83.8 Å². The van der Waals surface area contributed by atoms with Crippen LogP contribution in [0.3, 0.4) is 0 Å². The molecule has 0 aliphatic heterocycles. The van der Waals surface area contributed by atoms with Crippen molar-refractivity contribution >= 4 is 33.4 Å². The van der Waals surface area contributed by atoms with Crippen LogP contribution in [-0.2, 0) is 13.2 Å². The molecule has 0 radical (unpaired) electrons. The molecule has 9 heteroatoms. The van der Waals surface area contributed by atoms with Gasteiger partial charge in [0.25, 0.3) is 11.5 Å². The van der Waals surface area contributed by atoms with Crippen molar-refractivity contribution < 1.29 is 18.0 Å². The number of nitrogens with zero attached hydrogens (tertiary/aromatic N) is 3. The lowest BCUT2D eigenvalue weighted by Gasteiger charge is -2.14. The van der Waals surface area contributed by atoms with E-state index in [1.54, 1.807) is 55.7 Å². The van der Waals surface area contributed by atoms with Crippen molar-refractivity contribution in [2.75, 3.05) is 5.32 Å². The number of hydrogen-bond donors (Lipinski definition) is 1. The number of aromatic nitrogens is 3. The van der Waals surface area contributed by atoms with E-state index in [2.05, 4.69) is 10.4 Å². The lowest BCUT2D eigenvalue weighted by atomic mass is 10.1. The van der Waals surface area contributed by atoms with Crippen LogP contribution in [0.4, 0.5) is 18.9 Å². The van der Waals surface area contributed by atoms with Crippen molar-refractivity contribution in [3.63, 3.8) is 0 Å². The Morgan fingerprint density at radius 3 is 2.32 bits per heavy atom. The van der Waals surface area contributed by atoms with E-state index in [4.69, 9.17) is 0 Å². The molecule has 0 saturated carbocycles. The van der Waals surface area contributed by atoms with E-state index in [1.165, 1.54) is 21.4 Å². The van der Waals surface area contributed by atoms with Crippen LogP contribution in [0.25, 0.3) is 27.5 Å². The van der Waals surface area contributed by atoms with Gasteiger partial charge in [0, 0.05) is 35.6 Å². The third-order valence-electron chi connectivity index (χ3n) is 5.50. The molecule has 0 unspecified atom stereocenters. The van der Waals surface area contributed by atoms with Gasteiger partial charge in [-0.1, -0.05) is 18.2 Å². The van der Waals surface area contributed by atoms with Crippen molar-refractivity contribution in [1.29, 1.82) is 0 Å². The van der Waals surface area contributed by atoms with Gasteiger partial charge >= 0.3 is 6.18 Å². The van der Waals surface area contributed by atoms with Gasteiger partial charge in [-0.05, 0) is 54.6 Å². The number of hydrogen-bond acceptors (Lipinski definition) is 3. The van der Waals surface area contributed by atoms with Crippen LogP contribution in [0.5, 0.6) is 0 Å². The number of aryl methyl sites for hydroxylation is 1. The maximum atomic E-state index is 13.3. The lowest BCUT2D eigenvalue weighted by Crippen LogP contribution is -2.19. The highest BCUT2D eigenvalue weighted by Gasteiger charge is 2.30. The number of rotatable bonds is 3. The minimum Gasteiger partial charge on any atom is -0.322 e. The molecule has 5 aromatic rings. The number of alkyl halides is 3. The zero-order valence-electron chi connectivity index (χ0n) is 17.8. The van der Waals surface area contributed by atoms with E-state index in [0.717, 1.165) is 12.1 Å². The molecule has 2 heterocycles. The number of amides is 1. The van der Waals surface area contributed by atoms with E-state index in [1.807, 2.05) is 6.07 Å². The second kappa shape index (κ2) is 7.87. The number of anilines is 1. The minimum atomic E-state index is -4.48. The summed E-state index contributed by atoms with van der Waals surface area (Å²) in [5.41, 5.74) is 0.939. The Kier molecular flexibility index (Phi) is 4.97. The lowest BCUT2D eigenvalue weighted by molar-refractivity contribution is -0.137. The van der Waals surface area contributed by atoms with E-state index in [9.17, 15) is 22.8 Å². The summed E-state index contributed by atoms with van der Waals surface area (Å²) in [6.45, 7) is 0. The highest BCUT2D eigenvalue weighted by Crippen LogP contribution is 2.31. The third-order valence-corrected chi connectivity index (χ3v) is 5.50. The van der Waals surface area contributed by atoms with Gasteiger partial charge in [-0.2, -0.15) is 18.3 Å². The molecule has 0 atom stereocenters. The Hall–Kier alpha value is -4.40. The summed E-state index contributed by atoms with van der Waals surface area (Å²) in [4.78, 5) is 25.9. The number of halogens is 3. The largest absolute Gasteiger partial charge is 0.416 e. The Balaban J connectivity index is 1.68. The number of carbonyl (C=O) groups excluding carboxylic acids is 1. The Bertz CT molecular complexity index is 1600. The molecule has 0 spiro atoms. The first-order chi connectivity index (χ1) is 16.2. The summed E-state index contributed by atoms with van der Waals surface area (Å²) in [7, 11) is 1.68. The molecule has 0 aliphatic carbocycles. The highest BCUT2D eigenvalue weighted by molar-refractivity contribution is 6.08. The van der Waals surface area contributed by atoms with E-state index in [-0.39, 0.29) is 11.6 Å². The number of carbonyl (C=O) groups is 1. The first kappa shape index (κ1) is 21.4. The predicted molar refractivity (Wildman–Crippen MR) is 123 cm³/mol. The van der Waals surface area contributed by atoms with Crippen LogP contribution in [0.1, 0.15) is 15.9 Å². The van der Waals surface area contributed by atoms with Gasteiger partial charge in [0.05, 0.1) is 16.5 Å². The molecular formula is C25H17F3N4O2. The van der Waals surface area contributed by atoms with Crippen LogP contribution < -0.4 is 10.9 Å². The molecule has 1 N–H and O–H groups in total. The second-order valence-corrected chi connectivity index (χ2v) is 7.80. The first-order valence-corrected chi connectivity index (χ1v) is 10.3. The molecule has 1 amide bonds. The van der Waals surface area contributed by atoms with Crippen molar-refractivity contribution in [3.8, 4) is 5.69 Å². The van der Waals surface area contributed by atoms with Crippen LogP contribution in [0.2, 0.25) is 0 Å². The zero-order valence-corrected chi connectivity index (χ0v) is 17.8. The van der Waals surface area contributed by atoms with E-state index < -0.39 is 17.3 Å². The molecule has 0 saturated heterocycles. The summed E-state index contributed by atoms with van der Waals surface area (Å²) < 4.78 is 41.9. The number of pyridine rings is 1. The number of fused-ring (bicyclic) bond motifs is 3. The second-order valence-electron chi connectivity index (χ2n) is 7.80. The minimum absolute atomic E-state index is 0.287. The van der Waals surface area contributed by atoms with Gasteiger partial charge < -0.3 is 5.32 Å². The van der Waals surface area contributed by atoms with Crippen LogP contribution >= 0.6 is 0 Å². The molecular weight excluding hydrogens is 445 g/mol. The van der Waals surface area contributed by atoms with Crippen LogP contribution in [-0.4, -0.2) is 20.3 Å². The van der Waals surface area contributed by atoms with Crippen molar-refractivity contribution in [2.24, 2.45) is 7.05 Å². The molecule has 34 heavy (non-hydrogen) atoms. The molecule has 3 aromatic carbocycles. The highest BCUT2D eigenvalue weighted by atomic mass is 19.4. The molecule has 5 rings (SSSR count). The van der Waals surface area contributed by atoms with Crippen molar-refractivity contribution in [2.45, 2.75) is 6.18 Å². The monoisotopic (exact) mass is 462 g/mol. The van der Waals surface area contributed by atoms with Gasteiger partial charge in [0.1, 0.15) is 5.52 Å². The summed E-state index contributed by atoms with van der Waals surface area (Å²) in [6, 6.07) is 18.1. The fourth-order valence-corrected chi connectivity index (χ4v) is 3.92. The van der Waals surface area contributed by atoms with Crippen molar-refractivity contribution in [1.82, 2.24) is 14.3 Å². The topological polar surface area (TPSA) is 68.9 Å². The van der Waals surface area contributed by atoms with Crippen molar-refractivity contribution in [3.05, 3.63) is 100 Å². The summed E-state index contributed by atoms with van der Waals surface area (Å²) in [6.07, 6.45) is -2.92. The molecule has 0 bridgehead atoms. The Labute approximate surface area is 190 Å². The third kappa shape index (κ3) is 3.71. The summed E-state index contributed by atoms with van der Waals surface area (Å²) in [5, 5.41) is 8.11. The van der Waals surface area contributed by atoms with Crippen LogP contribution in [0, 0.1) is 0 Å². The zero-order chi connectivity index (χ0) is 24.0. The first-order valence-electron chi connectivity index (χ1n) is 10.3. The fraction of sp³-hybridized carbons (Fsp3) is 0.0800. The van der Waals surface area contributed by atoms with E-state index in [0.29, 0.717) is 33.1 Å². The smallest absolute Gasteiger partial charge is 0.322 e. The van der Waals surface area contributed by atoms with Gasteiger partial charge in [-0.15, -0.1) is 0 Å². The molecule has 170 valence electrons. The van der Waals surface area contributed by atoms with Gasteiger partial charge in [0.2, 0.25) is 0 Å². The summed E-state index contributed by atoms with van der Waals surface area (Å²) in [5.74, 6) is -0.298. The fourth-order valence-electron chi connectivity index (χ4n) is 3.92.